The number of aliphatic hydroxyl groups is 1. The fraction of sp³-hybridized carbons (Fsp3) is 0.435. The summed E-state index contributed by atoms with van der Waals surface area (Å²) in [4.78, 5) is 14.0. The summed E-state index contributed by atoms with van der Waals surface area (Å²) in [6.45, 7) is 9.34. The molecular weight excluding hydrogens is 352 g/mol. The van der Waals surface area contributed by atoms with Gasteiger partial charge in [-0.1, -0.05) is 49.4 Å². The van der Waals surface area contributed by atoms with Crippen LogP contribution in [0, 0.1) is 0 Å². The first-order chi connectivity index (χ1) is 13.3. The van der Waals surface area contributed by atoms with Crippen molar-refractivity contribution < 1.29 is 14.6 Å². The molecule has 0 saturated heterocycles. The van der Waals surface area contributed by atoms with Crippen LogP contribution in [0.5, 0.6) is 5.75 Å². The minimum atomic E-state index is -0.670. The zero-order chi connectivity index (χ0) is 20.6. The number of ether oxygens (including phenoxy) is 1. The zero-order valence-corrected chi connectivity index (χ0v) is 17.3. The highest BCUT2D eigenvalue weighted by atomic mass is 16.5. The van der Waals surface area contributed by atoms with Crippen molar-refractivity contribution in [3.63, 3.8) is 0 Å². The first kappa shape index (κ1) is 21.9. The molecule has 2 rings (SSSR count). The SMILES string of the molecule is CCN(CC(=O)NC(C)(C)C)C[C@@H](O)COc1ccc(-c2ccccc2)cc1. The Kier molecular flexibility index (Phi) is 8.03. The number of hydrogen-bond acceptors (Lipinski definition) is 4. The van der Waals surface area contributed by atoms with Gasteiger partial charge < -0.3 is 15.2 Å². The van der Waals surface area contributed by atoms with Gasteiger partial charge in [0, 0.05) is 12.1 Å². The third kappa shape index (κ3) is 7.71. The van der Waals surface area contributed by atoms with Gasteiger partial charge in [-0.25, -0.2) is 0 Å². The summed E-state index contributed by atoms with van der Waals surface area (Å²) < 4.78 is 5.71. The molecule has 0 spiro atoms. The lowest BCUT2D eigenvalue weighted by atomic mass is 10.1. The number of carbonyl (C=O) groups excluding carboxylic acids is 1. The minimum absolute atomic E-state index is 0.0426. The molecular formula is C23H32N2O3. The molecule has 0 saturated carbocycles. The first-order valence-corrected chi connectivity index (χ1v) is 9.76. The van der Waals surface area contributed by atoms with Gasteiger partial charge in [0.25, 0.3) is 0 Å². The van der Waals surface area contributed by atoms with E-state index in [1.807, 2.05) is 75.1 Å². The van der Waals surface area contributed by atoms with Crippen LogP contribution in [0.2, 0.25) is 0 Å². The predicted molar refractivity (Wildman–Crippen MR) is 113 cm³/mol. The van der Waals surface area contributed by atoms with Gasteiger partial charge in [-0.2, -0.15) is 0 Å². The fourth-order valence-electron chi connectivity index (χ4n) is 2.88. The molecule has 2 aromatic rings. The molecule has 1 amide bonds. The van der Waals surface area contributed by atoms with Crippen LogP contribution in [0.1, 0.15) is 27.7 Å². The number of nitrogens with zero attached hydrogens (tertiary/aromatic N) is 1. The molecule has 0 unspecified atom stereocenters. The summed E-state index contributed by atoms with van der Waals surface area (Å²) >= 11 is 0. The van der Waals surface area contributed by atoms with E-state index in [0.717, 1.165) is 11.1 Å². The number of nitrogens with one attached hydrogen (secondary N) is 1. The van der Waals surface area contributed by atoms with Gasteiger partial charge in [-0.3, -0.25) is 9.69 Å². The third-order valence-corrected chi connectivity index (χ3v) is 4.20. The predicted octanol–water partition coefficient (Wildman–Crippen LogP) is 3.33. The zero-order valence-electron chi connectivity index (χ0n) is 17.3. The van der Waals surface area contributed by atoms with E-state index in [4.69, 9.17) is 4.74 Å². The molecule has 2 N–H and O–H groups in total. The second-order valence-electron chi connectivity index (χ2n) is 7.98. The number of hydrogen-bond donors (Lipinski definition) is 2. The summed E-state index contributed by atoms with van der Waals surface area (Å²) in [6.07, 6.45) is -0.670. The smallest absolute Gasteiger partial charge is 0.234 e. The standard InChI is InChI=1S/C23H32N2O3/c1-5-25(16-22(27)24-23(2,3)4)15-20(26)17-28-21-13-11-19(12-14-21)18-9-7-6-8-10-18/h6-14,20,26H,5,15-17H2,1-4H3,(H,24,27)/t20-/m1/s1. The molecule has 1 atom stereocenters. The van der Waals surface area contributed by atoms with Crippen molar-refractivity contribution in [1.29, 1.82) is 0 Å². The molecule has 0 aliphatic heterocycles. The maximum atomic E-state index is 12.1. The minimum Gasteiger partial charge on any atom is -0.491 e. The molecule has 0 aromatic heterocycles. The van der Waals surface area contributed by atoms with Crippen molar-refractivity contribution in [3.8, 4) is 16.9 Å². The highest BCUT2D eigenvalue weighted by Crippen LogP contribution is 2.22. The largest absolute Gasteiger partial charge is 0.491 e. The van der Waals surface area contributed by atoms with Crippen molar-refractivity contribution in [3.05, 3.63) is 54.6 Å². The van der Waals surface area contributed by atoms with Crippen LogP contribution >= 0.6 is 0 Å². The lowest BCUT2D eigenvalue weighted by molar-refractivity contribution is -0.124. The summed E-state index contributed by atoms with van der Waals surface area (Å²) in [5, 5.41) is 13.2. The van der Waals surface area contributed by atoms with Crippen molar-refractivity contribution in [2.75, 3.05) is 26.2 Å². The Balaban J connectivity index is 1.80. The fourth-order valence-corrected chi connectivity index (χ4v) is 2.88. The Morgan fingerprint density at radius 1 is 1.07 bits per heavy atom. The summed E-state index contributed by atoms with van der Waals surface area (Å²) in [5.41, 5.74) is 2.01. The van der Waals surface area contributed by atoms with Crippen molar-refractivity contribution >= 4 is 5.91 Å². The molecule has 0 aliphatic carbocycles. The van der Waals surface area contributed by atoms with Crippen LogP contribution in [-0.2, 0) is 4.79 Å². The van der Waals surface area contributed by atoms with E-state index >= 15 is 0 Å². The number of amides is 1. The van der Waals surface area contributed by atoms with Crippen LogP contribution in [0.15, 0.2) is 54.6 Å². The van der Waals surface area contributed by atoms with E-state index in [-0.39, 0.29) is 24.6 Å². The Bertz CT molecular complexity index is 724. The molecule has 0 aliphatic rings. The maximum absolute atomic E-state index is 12.1. The van der Waals surface area contributed by atoms with Crippen LogP contribution < -0.4 is 10.1 Å². The number of carbonyl (C=O) groups is 1. The van der Waals surface area contributed by atoms with Gasteiger partial charge in [0.05, 0.1) is 6.54 Å². The van der Waals surface area contributed by atoms with E-state index < -0.39 is 6.10 Å². The third-order valence-electron chi connectivity index (χ3n) is 4.20. The van der Waals surface area contributed by atoms with Gasteiger partial charge in [-0.05, 0) is 50.6 Å². The quantitative estimate of drug-likeness (QED) is 0.696. The second kappa shape index (κ2) is 10.2. The molecule has 0 fully saturated rings. The van der Waals surface area contributed by atoms with E-state index in [0.29, 0.717) is 18.8 Å². The monoisotopic (exact) mass is 384 g/mol. The summed E-state index contributed by atoms with van der Waals surface area (Å²) in [5.74, 6) is 0.672. The molecule has 5 nitrogen and oxygen atoms in total. The summed E-state index contributed by atoms with van der Waals surface area (Å²) in [6, 6.07) is 18.0. The molecule has 0 radical (unpaired) electrons. The van der Waals surface area contributed by atoms with Gasteiger partial charge in [-0.15, -0.1) is 0 Å². The van der Waals surface area contributed by atoms with E-state index in [1.54, 1.807) is 0 Å². The lowest BCUT2D eigenvalue weighted by Crippen LogP contribution is -2.47. The summed E-state index contributed by atoms with van der Waals surface area (Å²) in [7, 11) is 0. The Labute approximate surface area is 168 Å². The number of rotatable bonds is 9. The topological polar surface area (TPSA) is 61.8 Å². The van der Waals surface area contributed by atoms with Gasteiger partial charge >= 0.3 is 0 Å². The van der Waals surface area contributed by atoms with Gasteiger partial charge in [0.15, 0.2) is 0 Å². The van der Waals surface area contributed by atoms with Crippen LogP contribution in [0.4, 0.5) is 0 Å². The van der Waals surface area contributed by atoms with E-state index in [1.165, 1.54) is 0 Å². The Morgan fingerprint density at radius 3 is 2.25 bits per heavy atom. The maximum Gasteiger partial charge on any atom is 0.234 e. The van der Waals surface area contributed by atoms with Crippen molar-refractivity contribution in [2.24, 2.45) is 0 Å². The Hall–Kier alpha value is -2.37. The van der Waals surface area contributed by atoms with Crippen LogP contribution in [0.3, 0.4) is 0 Å². The van der Waals surface area contributed by atoms with Gasteiger partial charge in [0.1, 0.15) is 18.5 Å². The molecule has 0 bridgehead atoms. The molecule has 28 heavy (non-hydrogen) atoms. The number of aliphatic hydroxyl groups excluding tert-OH is 1. The molecule has 152 valence electrons. The molecule has 5 heteroatoms. The molecule has 2 aromatic carbocycles. The van der Waals surface area contributed by atoms with Crippen LogP contribution in [0.25, 0.3) is 11.1 Å². The highest BCUT2D eigenvalue weighted by Gasteiger charge is 2.18. The second-order valence-corrected chi connectivity index (χ2v) is 7.98. The lowest BCUT2D eigenvalue weighted by Gasteiger charge is -2.26. The van der Waals surface area contributed by atoms with E-state index in [2.05, 4.69) is 17.4 Å². The number of benzene rings is 2. The Morgan fingerprint density at radius 2 is 1.68 bits per heavy atom. The average molecular weight is 385 g/mol. The van der Waals surface area contributed by atoms with Crippen molar-refractivity contribution in [1.82, 2.24) is 10.2 Å². The van der Waals surface area contributed by atoms with Crippen LogP contribution in [-0.4, -0.2) is 53.8 Å². The average Bonchev–Trinajstić information content (AvgIpc) is 2.65. The number of likely N-dealkylation sites (N-methyl/N-ethyl adjacent to an activating group) is 1. The van der Waals surface area contributed by atoms with Gasteiger partial charge in [0.2, 0.25) is 5.91 Å². The first-order valence-electron chi connectivity index (χ1n) is 9.76. The molecule has 0 heterocycles. The van der Waals surface area contributed by atoms with Crippen molar-refractivity contribution in [2.45, 2.75) is 39.3 Å². The highest BCUT2D eigenvalue weighted by molar-refractivity contribution is 5.78. The van der Waals surface area contributed by atoms with E-state index in [9.17, 15) is 9.90 Å². The normalized spacial score (nSPS) is 12.6.